The van der Waals surface area contributed by atoms with Gasteiger partial charge in [-0.1, -0.05) is 26.2 Å². The maximum absolute atomic E-state index is 12.9. The third-order valence-corrected chi connectivity index (χ3v) is 3.31. The molecule has 0 unspecified atom stereocenters. The zero-order chi connectivity index (χ0) is 17.6. The number of aliphatic hydroxyl groups is 1. The maximum atomic E-state index is 12.9. The lowest BCUT2D eigenvalue weighted by molar-refractivity contribution is -0.384. The Labute approximate surface area is 126 Å². The summed E-state index contributed by atoms with van der Waals surface area (Å²) < 4.78 is 77.5. The topological polar surface area (TPSA) is 35.8 Å². The molecule has 1 atom stereocenters. The summed E-state index contributed by atoms with van der Waals surface area (Å²) in [6.45, 7) is 1.78. The lowest BCUT2D eigenvalue weighted by Gasteiger charge is -2.38. The second-order valence-corrected chi connectivity index (χ2v) is 5.34. The van der Waals surface area contributed by atoms with Crippen molar-refractivity contribution in [3.63, 3.8) is 0 Å². The summed E-state index contributed by atoms with van der Waals surface area (Å²) in [5, 5.41) is 14.4. The second-order valence-electron chi connectivity index (χ2n) is 5.34. The van der Waals surface area contributed by atoms with E-state index in [0.29, 0.717) is 12.8 Å². The predicted octanol–water partition coefficient (Wildman–Crippen LogP) is 3.98. The minimum Gasteiger partial charge on any atom is -0.373 e. The van der Waals surface area contributed by atoms with Gasteiger partial charge < -0.3 is 10.1 Å². The van der Waals surface area contributed by atoms with Crippen LogP contribution in [0.3, 0.4) is 0 Å². The first-order chi connectivity index (χ1) is 9.88. The van der Waals surface area contributed by atoms with E-state index >= 15 is 0 Å². The van der Waals surface area contributed by atoms with Crippen LogP contribution in [0, 0.1) is 5.92 Å². The number of alkyl halides is 6. The van der Waals surface area contributed by atoms with Crippen LogP contribution in [0.1, 0.15) is 39.0 Å². The van der Waals surface area contributed by atoms with Crippen LogP contribution in [0.15, 0.2) is 5.10 Å². The summed E-state index contributed by atoms with van der Waals surface area (Å²) in [7, 11) is 2.98. The van der Waals surface area contributed by atoms with Gasteiger partial charge in [-0.3, -0.25) is 0 Å². The molecule has 0 saturated carbocycles. The highest BCUT2D eigenvalue weighted by molar-refractivity contribution is 5.57. The average molecular weight is 336 g/mol. The van der Waals surface area contributed by atoms with E-state index in [4.69, 9.17) is 0 Å². The van der Waals surface area contributed by atoms with Gasteiger partial charge in [-0.15, -0.1) is 0 Å². The molecule has 0 aromatic carbocycles. The van der Waals surface area contributed by atoms with E-state index in [9.17, 15) is 31.4 Å². The van der Waals surface area contributed by atoms with E-state index in [1.807, 2.05) is 0 Å². The van der Waals surface area contributed by atoms with Crippen molar-refractivity contribution in [3.05, 3.63) is 0 Å². The van der Waals surface area contributed by atoms with Crippen molar-refractivity contribution in [2.24, 2.45) is 11.0 Å². The number of nitrogens with zero attached hydrogens (tertiary/aromatic N) is 2. The Hall–Kier alpha value is -0.990. The van der Waals surface area contributed by atoms with Crippen molar-refractivity contribution in [1.29, 1.82) is 0 Å². The number of hydrogen-bond donors (Lipinski definition) is 1. The lowest BCUT2D eigenvalue weighted by atomic mass is 9.80. The number of hydrazone groups is 1. The molecule has 0 aromatic heterocycles. The summed E-state index contributed by atoms with van der Waals surface area (Å²) >= 11 is 0. The molecule has 0 aromatic rings. The quantitative estimate of drug-likeness (QED) is 0.315. The Balaban J connectivity index is 5.46. The molecule has 132 valence electrons. The molecule has 0 aliphatic heterocycles. The van der Waals surface area contributed by atoms with Gasteiger partial charge in [0.05, 0.1) is 0 Å². The first-order valence-electron chi connectivity index (χ1n) is 6.93. The molecule has 0 saturated heterocycles. The zero-order valence-corrected chi connectivity index (χ0v) is 12.8. The van der Waals surface area contributed by atoms with Gasteiger partial charge in [-0.25, -0.2) is 0 Å². The third-order valence-electron chi connectivity index (χ3n) is 3.31. The SMILES string of the molecule is CCCCC[C@@H](C/C=N\N(C)C)C(O)(C(F)(F)F)C(F)(F)F. The summed E-state index contributed by atoms with van der Waals surface area (Å²) in [6, 6.07) is 0. The second kappa shape index (κ2) is 8.03. The van der Waals surface area contributed by atoms with E-state index < -0.39 is 30.3 Å². The average Bonchev–Trinajstić information content (AvgIpc) is 2.33. The van der Waals surface area contributed by atoms with Gasteiger partial charge in [0.2, 0.25) is 0 Å². The van der Waals surface area contributed by atoms with Crippen LogP contribution in [-0.2, 0) is 0 Å². The molecule has 22 heavy (non-hydrogen) atoms. The van der Waals surface area contributed by atoms with Crippen LogP contribution in [0.4, 0.5) is 26.3 Å². The summed E-state index contributed by atoms with van der Waals surface area (Å²) in [5.74, 6) is -2.03. The molecule has 3 nitrogen and oxygen atoms in total. The fraction of sp³-hybridized carbons (Fsp3) is 0.923. The van der Waals surface area contributed by atoms with E-state index in [1.165, 1.54) is 19.1 Å². The molecule has 0 radical (unpaired) electrons. The van der Waals surface area contributed by atoms with Gasteiger partial charge in [0.25, 0.3) is 5.60 Å². The van der Waals surface area contributed by atoms with Gasteiger partial charge in [0.1, 0.15) is 0 Å². The van der Waals surface area contributed by atoms with Crippen LogP contribution in [-0.4, -0.2) is 48.4 Å². The van der Waals surface area contributed by atoms with E-state index in [-0.39, 0.29) is 12.8 Å². The van der Waals surface area contributed by atoms with E-state index in [2.05, 4.69) is 5.10 Å². The molecule has 0 bridgehead atoms. The van der Waals surface area contributed by atoms with Crippen LogP contribution in [0.2, 0.25) is 0 Å². The predicted molar refractivity (Wildman–Crippen MR) is 71.5 cm³/mol. The number of hydrogen-bond acceptors (Lipinski definition) is 3. The van der Waals surface area contributed by atoms with Gasteiger partial charge in [0.15, 0.2) is 0 Å². The standard InChI is InChI=1S/C13H22F6N2O/c1-4-5-6-7-10(8-9-20-21(2)3)11(22,12(14,15)16)13(17,18)19/h9-10,22H,4-8H2,1-3H3/b20-9-/t10-/m0/s1. The highest BCUT2D eigenvalue weighted by Crippen LogP contribution is 2.49. The Morgan fingerprint density at radius 2 is 1.55 bits per heavy atom. The minimum absolute atomic E-state index is 0.172. The van der Waals surface area contributed by atoms with Crippen molar-refractivity contribution in [1.82, 2.24) is 5.01 Å². The Kier molecular flexibility index (Phi) is 7.67. The molecule has 0 fully saturated rings. The Morgan fingerprint density at radius 1 is 1.05 bits per heavy atom. The van der Waals surface area contributed by atoms with Gasteiger partial charge in [-0.2, -0.15) is 31.4 Å². The zero-order valence-electron chi connectivity index (χ0n) is 12.8. The summed E-state index contributed by atoms with van der Waals surface area (Å²) in [6.07, 6.45) is -10.3. The third kappa shape index (κ3) is 5.33. The number of unbranched alkanes of at least 4 members (excludes halogenated alkanes) is 2. The van der Waals surface area contributed by atoms with E-state index in [1.54, 1.807) is 6.92 Å². The molecule has 0 spiro atoms. The normalized spacial score (nSPS) is 15.4. The van der Waals surface area contributed by atoms with Crippen LogP contribution >= 0.6 is 0 Å². The molecule has 0 aliphatic rings. The van der Waals surface area contributed by atoms with Crippen LogP contribution in [0.5, 0.6) is 0 Å². The molecule has 9 heteroatoms. The van der Waals surface area contributed by atoms with Gasteiger partial charge in [-0.05, 0) is 12.8 Å². The monoisotopic (exact) mass is 336 g/mol. The molecule has 0 aliphatic carbocycles. The first-order valence-corrected chi connectivity index (χ1v) is 6.93. The Morgan fingerprint density at radius 3 is 1.91 bits per heavy atom. The molecule has 0 amide bonds. The van der Waals surface area contributed by atoms with Crippen molar-refractivity contribution in [2.45, 2.75) is 57.0 Å². The Bertz CT molecular complexity index is 337. The fourth-order valence-electron chi connectivity index (χ4n) is 2.10. The van der Waals surface area contributed by atoms with Crippen LogP contribution < -0.4 is 0 Å². The van der Waals surface area contributed by atoms with E-state index in [0.717, 1.165) is 6.21 Å². The minimum atomic E-state index is -5.80. The van der Waals surface area contributed by atoms with Crippen molar-refractivity contribution >= 4 is 6.21 Å². The highest BCUT2D eigenvalue weighted by Gasteiger charge is 2.73. The van der Waals surface area contributed by atoms with Crippen LogP contribution in [0.25, 0.3) is 0 Å². The number of halogens is 6. The summed E-state index contributed by atoms with van der Waals surface area (Å²) in [4.78, 5) is 0. The molecule has 0 heterocycles. The molecular weight excluding hydrogens is 314 g/mol. The molecule has 1 N–H and O–H groups in total. The number of rotatable bonds is 8. The first kappa shape index (κ1) is 21.0. The summed E-state index contributed by atoms with van der Waals surface area (Å²) in [5.41, 5.74) is -4.73. The molecular formula is C13H22F6N2O. The van der Waals surface area contributed by atoms with Crippen molar-refractivity contribution in [3.8, 4) is 0 Å². The largest absolute Gasteiger partial charge is 0.426 e. The lowest BCUT2D eigenvalue weighted by Crippen LogP contribution is -2.61. The van der Waals surface area contributed by atoms with Gasteiger partial charge >= 0.3 is 12.4 Å². The van der Waals surface area contributed by atoms with Gasteiger partial charge in [0, 0.05) is 26.2 Å². The van der Waals surface area contributed by atoms with Crippen molar-refractivity contribution < 1.29 is 31.4 Å². The fourth-order valence-corrected chi connectivity index (χ4v) is 2.10. The highest BCUT2D eigenvalue weighted by atomic mass is 19.4. The smallest absolute Gasteiger partial charge is 0.373 e. The maximum Gasteiger partial charge on any atom is 0.426 e. The van der Waals surface area contributed by atoms with Crippen molar-refractivity contribution in [2.75, 3.05) is 14.1 Å². The molecule has 0 rings (SSSR count).